The zero-order chi connectivity index (χ0) is 7.40. The molecule has 1 rings (SSSR count). The molecule has 0 saturated heterocycles. The van der Waals surface area contributed by atoms with Crippen LogP contribution in [0.5, 0.6) is 0 Å². The summed E-state index contributed by atoms with van der Waals surface area (Å²) in [6.45, 7) is 4.15. The van der Waals surface area contributed by atoms with Gasteiger partial charge in [0.1, 0.15) is 0 Å². The minimum absolute atomic E-state index is 1.03. The van der Waals surface area contributed by atoms with Gasteiger partial charge in [0.2, 0.25) is 0 Å². The van der Waals surface area contributed by atoms with E-state index in [1.807, 2.05) is 6.92 Å². The van der Waals surface area contributed by atoms with Crippen molar-refractivity contribution < 1.29 is 0 Å². The SMILES string of the molecule is CCCCc1[c]c(C)[nH]n1. The molecule has 0 aliphatic carbocycles. The van der Waals surface area contributed by atoms with Crippen LogP contribution in [-0.4, -0.2) is 10.2 Å². The van der Waals surface area contributed by atoms with Crippen molar-refractivity contribution >= 4 is 0 Å². The van der Waals surface area contributed by atoms with Crippen LogP contribution in [0.1, 0.15) is 31.2 Å². The van der Waals surface area contributed by atoms with Crippen molar-refractivity contribution in [1.29, 1.82) is 0 Å². The van der Waals surface area contributed by atoms with E-state index in [9.17, 15) is 0 Å². The zero-order valence-corrected chi connectivity index (χ0v) is 6.57. The van der Waals surface area contributed by atoms with Crippen LogP contribution in [-0.2, 0) is 6.42 Å². The molecule has 0 spiro atoms. The molecule has 10 heavy (non-hydrogen) atoms. The largest absolute Gasteiger partial charge is 0.282 e. The predicted octanol–water partition coefficient (Wildman–Crippen LogP) is 1.86. The maximum absolute atomic E-state index is 4.07. The second kappa shape index (κ2) is 3.40. The first-order valence-corrected chi connectivity index (χ1v) is 3.76. The Balaban J connectivity index is 2.42. The molecule has 0 aliphatic rings. The molecule has 0 amide bonds. The van der Waals surface area contributed by atoms with Gasteiger partial charge in [0.05, 0.1) is 5.69 Å². The van der Waals surface area contributed by atoms with Crippen LogP contribution in [0.15, 0.2) is 0 Å². The molecule has 0 unspecified atom stereocenters. The first-order valence-electron chi connectivity index (χ1n) is 3.76. The van der Waals surface area contributed by atoms with Crippen LogP contribution < -0.4 is 0 Å². The number of hydrogen-bond acceptors (Lipinski definition) is 1. The number of nitrogens with one attached hydrogen (secondary N) is 1. The van der Waals surface area contributed by atoms with Crippen molar-refractivity contribution in [2.75, 3.05) is 0 Å². The van der Waals surface area contributed by atoms with Crippen LogP contribution in [0.4, 0.5) is 0 Å². The standard InChI is InChI=1S/C8H13N2/c1-3-4-5-8-6-7(2)9-10-8/h3-5H2,1-2H3,(H,9,10). The lowest BCUT2D eigenvalue weighted by Gasteiger charge is -1.88. The molecule has 0 aromatic carbocycles. The smallest absolute Gasteiger partial charge is 0.0704 e. The Bertz CT molecular complexity index is 191. The van der Waals surface area contributed by atoms with E-state index in [-0.39, 0.29) is 0 Å². The second-order valence-electron chi connectivity index (χ2n) is 2.52. The molecule has 0 fully saturated rings. The maximum Gasteiger partial charge on any atom is 0.0704 e. The average Bonchev–Trinajstić information content (AvgIpc) is 2.31. The molecule has 1 N–H and O–H groups in total. The number of rotatable bonds is 3. The van der Waals surface area contributed by atoms with Gasteiger partial charge in [-0.15, -0.1) is 0 Å². The Kier molecular flexibility index (Phi) is 2.49. The molecule has 1 aromatic heterocycles. The van der Waals surface area contributed by atoms with Crippen molar-refractivity contribution in [2.45, 2.75) is 33.1 Å². The van der Waals surface area contributed by atoms with E-state index >= 15 is 0 Å². The predicted molar refractivity (Wildman–Crippen MR) is 40.8 cm³/mol. The minimum atomic E-state index is 1.03. The normalized spacial score (nSPS) is 10.2. The van der Waals surface area contributed by atoms with Gasteiger partial charge in [0.15, 0.2) is 0 Å². The Morgan fingerprint density at radius 1 is 1.60 bits per heavy atom. The molecule has 0 atom stereocenters. The molecule has 2 nitrogen and oxygen atoms in total. The van der Waals surface area contributed by atoms with Gasteiger partial charge >= 0.3 is 0 Å². The van der Waals surface area contributed by atoms with Gasteiger partial charge in [-0.25, -0.2) is 0 Å². The summed E-state index contributed by atoms with van der Waals surface area (Å²) in [5.74, 6) is 0. The number of unbranched alkanes of at least 4 members (excludes halogenated alkanes) is 1. The van der Waals surface area contributed by atoms with Crippen molar-refractivity contribution in [1.82, 2.24) is 10.2 Å². The number of aromatic amines is 1. The summed E-state index contributed by atoms with van der Waals surface area (Å²) in [5.41, 5.74) is 2.10. The van der Waals surface area contributed by atoms with Crippen molar-refractivity contribution in [2.24, 2.45) is 0 Å². The van der Waals surface area contributed by atoms with Crippen molar-refractivity contribution in [3.63, 3.8) is 0 Å². The van der Waals surface area contributed by atoms with Gasteiger partial charge in [0.25, 0.3) is 0 Å². The summed E-state index contributed by atoms with van der Waals surface area (Å²) < 4.78 is 0. The lowest BCUT2D eigenvalue weighted by molar-refractivity contribution is 0.771. The van der Waals surface area contributed by atoms with E-state index in [0.717, 1.165) is 17.8 Å². The monoisotopic (exact) mass is 137 g/mol. The number of H-pyrrole nitrogens is 1. The molecule has 0 saturated carbocycles. The van der Waals surface area contributed by atoms with E-state index < -0.39 is 0 Å². The van der Waals surface area contributed by atoms with E-state index in [1.165, 1.54) is 12.8 Å². The summed E-state index contributed by atoms with van der Waals surface area (Å²) in [7, 11) is 0. The average molecular weight is 137 g/mol. The molecule has 1 radical (unpaired) electrons. The highest BCUT2D eigenvalue weighted by Crippen LogP contribution is 2.01. The van der Waals surface area contributed by atoms with E-state index in [4.69, 9.17) is 0 Å². The lowest BCUT2D eigenvalue weighted by atomic mass is 10.2. The van der Waals surface area contributed by atoms with Crippen LogP contribution in [0.3, 0.4) is 0 Å². The summed E-state index contributed by atoms with van der Waals surface area (Å²) in [5, 5.41) is 6.94. The third-order valence-electron chi connectivity index (χ3n) is 1.46. The fraction of sp³-hybridized carbons (Fsp3) is 0.625. The lowest BCUT2D eigenvalue weighted by Crippen LogP contribution is -1.83. The Morgan fingerprint density at radius 3 is 2.90 bits per heavy atom. The van der Waals surface area contributed by atoms with E-state index in [1.54, 1.807) is 0 Å². The fourth-order valence-electron chi connectivity index (χ4n) is 0.886. The van der Waals surface area contributed by atoms with Crippen LogP contribution in [0.2, 0.25) is 0 Å². The van der Waals surface area contributed by atoms with Crippen LogP contribution >= 0.6 is 0 Å². The summed E-state index contributed by atoms with van der Waals surface area (Å²) >= 11 is 0. The molecule has 2 heteroatoms. The molecule has 1 aromatic rings. The topological polar surface area (TPSA) is 28.7 Å². The van der Waals surface area contributed by atoms with Gasteiger partial charge in [-0.1, -0.05) is 13.3 Å². The first-order chi connectivity index (χ1) is 4.83. The summed E-state index contributed by atoms with van der Waals surface area (Å²) in [4.78, 5) is 0. The highest BCUT2D eigenvalue weighted by molar-refractivity contribution is 5.03. The van der Waals surface area contributed by atoms with E-state index in [2.05, 4.69) is 23.2 Å². The number of hydrogen-bond donors (Lipinski definition) is 1. The Morgan fingerprint density at radius 2 is 2.40 bits per heavy atom. The first kappa shape index (κ1) is 7.32. The van der Waals surface area contributed by atoms with Gasteiger partial charge in [0, 0.05) is 11.8 Å². The van der Waals surface area contributed by atoms with Gasteiger partial charge in [-0.3, -0.25) is 5.10 Å². The molecule has 0 aliphatic heterocycles. The van der Waals surface area contributed by atoms with Gasteiger partial charge in [-0.05, 0) is 19.8 Å². The van der Waals surface area contributed by atoms with Gasteiger partial charge in [-0.2, -0.15) is 5.10 Å². The Labute approximate surface area is 61.7 Å². The fourth-order valence-corrected chi connectivity index (χ4v) is 0.886. The van der Waals surface area contributed by atoms with Crippen LogP contribution in [0.25, 0.3) is 0 Å². The Hall–Kier alpha value is -0.790. The van der Waals surface area contributed by atoms with Crippen molar-refractivity contribution in [3.05, 3.63) is 17.5 Å². The molecule has 55 valence electrons. The third kappa shape index (κ3) is 1.87. The minimum Gasteiger partial charge on any atom is -0.282 e. The molecular formula is C8H13N2. The maximum atomic E-state index is 4.07. The molecular weight excluding hydrogens is 124 g/mol. The number of aromatic nitrogens is 2. The van der Waals surface area contributed by atoms with Crippen LogP contribution in [0, 0.1) is 13.0 Å². The second-order valence-corrected chi connectivity index (χ2v) is 2.52. The molecule has 1 heterocycles. The number of nitrogens with zero attached hydrogens (tertiary/aromatic N) is 1. The quantitative estimate of drug-likeness (QED) is 0.676. The van der Waals surface area contributed by atoms with Crippen molar-refractivity contribution in [3.8, 4) is 0 Å². The summed E-state index contributed by atoms with van der Waals surface area (Å²) in [6, 6.07) is 3.14. The third-order valence-corrected chi connectivity index (χ3v) is 1.46. The summed E-state index contributed by atoms with van der Waals surface area (Å²) in [6.07, 6.45) is 3.49. The van der Waals surface area contributed by atoms with Gasteiger partial charge < -0.3 is 0 Å². The highest BCUT2D eigenvalue weighted by Gasteiger charge is 1.95. The molecule has 0 bridgehead atoms. The highest BCUT2D eigenvalue weighted by atomic mass is 15.1. The zero-order valence-electron chi connectivity index (χ0n) is 6.57. The number of aryl methyl sites for hydroxylation is 2. The van der Waals surface area contributed by atoms with E-state index in [0.29, 0.717) is 0 Å².